The molecular weight excluding hydrogens is 430 g/mol. The first-order valence-electron chi connectivity index (χ1n) is 11.9. The normalized spacial score (nSPS) is 19.5. The van der Waals surface area contributed by atoms with E-state index in [0.29, 0.717) is 13.1 Å². The number of benzene rings is 2. The van der Waals surface area contributed by atoms with Gasteiger partial charge in [-0.15, -0.1) is 0 Å². The van der Waals surface area contributed by atoms with Crippen LogP contribution in [0.4, 0.5) is 5.69 Å². The van der Waals surface area contributed by atoms with Crippen LogP contribution in [-0.2, 0) is 17.8 Å². The summed E-state index contributed by atoms with van der Waals surface area (Å²) in [6.07, 6.45) is 0.133. The highest BCUT2D eigenvalue weighted by Crippen LogP contribution is 2.30. The Kier molecular flexibility index (Phi) is 8.80. The Morgan fingerprint density at radius 3 is 2.50 bits per heavy atom. The van der Waals surface area contributed by atoms with Crippen molar-refractivity contribution in [3.05, 3.63) is 53.6 Å². The molecule has 7 nitrogen and oxygen atoms in total. The molecule has 1 aliphatic rings. The van der Waals surface area contributed by atoms with Crippen LogP contribution in [0.3, 0.4) is 0 Å². The second kappa shape index (κ2) is 11.6. The Morgan fingerprint density at radius 2 is 1.88 bits per heavy atom. The average molecular weight is 470 g/mol. The highest BCUT2D eigenvalue weighted by atomic mass is 16.5. The monoisotopic (exact) mass is 469 g/mol. The number of likely N-dealkylation sites (N-methyl/N-ethyl adjacent to an activating group) is 1. The second-order valence-electron chi connectivity index (χ2n) is 9.62. The number of amides is 1. The van der Waals surface area contributed by atoms with Gasteiger partial charge < -0.3 is 24.4 Å². The third kappa shape index (κ3) is 6.42. The number of rotatable bonds is 8. The van der Waals surface area contributed by atoms with Gasteiger partial charge in [-0.1, -0.05) is 19.1 Å². The van der Waals surface area contributed by atoms with Gasteiger partial charge in [0.2, 0.25) is 5.91 Å². The summed E-state index contributed by atoms with van der Waals surface area (Å²) in [4.78, 5) is 19.3. The van der Waals surface area contributed by atoms with Crippen molar-refractivity contribution in [3.63, 3.8) is 0 Å². The number of nitrogens with zero attached hydrogens (tertiary/aromatic N) is 3. The summed E-state index contributed by atoms with van der Waals surface area (Å²) in [7, 11) is 7.72. The third-order valence-electron chi connectivity index (χ3n) is 6.52. The van der Waals surface area contributed by atoms with E-state index >= 15 is 0 Å². The Balaban J connectivity index is 1.86. The van der Waals surface area contributed by atoms with Crippen LogP contribution >= 0.6 is 0 Å². The molecule has 1 heterocycles. The summed E-state index contributed by atoms with van der Waals surface area (Å²) in [6, 6.07) is 13.9. The second-order valence-corrected chi connectivity index (χ2v) is 9.62. The minimum atomic E-state index is -0.244. The minimum absolute atomic E-state index is 0.0152. The van der Waals surface area contributed by atoms with Crippen LogP contribution in [0.2, 0.25) is 0 Å². The molecule has 3 atom stereocenters. The first-order chi connectivity index (χ1) is 16.2. The highest BCUT2D eigenvalue weighted by Gasteiger charge is 2.31. The van der Waals surface area contributed by atoms with Crippen LogP contribution < -0.4 is 14.4 Å². The Hall–Kier alpha value is -2.77. The van der Waals surface area contributed by atoms with E-state index < -0.39 is 0 Å². The van der Waals surface area contributed by atoms with E-state index in [1.54, 1.807) is 7.11 Å². The van der Waals surface area contributed by atoms with E-state index in [1.165, 1.54) is 5.56 Å². The molecule has 1 N–H and O–H groups in total. The van der Waals surface area contributed by atoms with Crippen molar-refractivity contribution < 1.29 is 19.4 Å². The largest absolute Gasteiger partial charge is 0.497 e. The van der Waals surface area contributed by atoms with Gasteiger partial charge in [0, 0.05) is 50.9 Å². The summed E-state index contributed by atoms with van der Waals surface area (Å²) >= 11 is 0. The molecule has 0 fully saturated rings. The van der Waals surface area contributed by atoms with Crippen LogP contribution in [0.1, 0.15) is 25.0 Å². The zero-order valence-electron chi connectivity index (χ0n) is 21.3. The molecule has 186 valence electrons. The number of ether oxygens (including phenoxy) is 2. The van der Waals surface area contributed by atoms with Crippen LogP contribution in [0, 0.1) is 5.92 Å². The van der Waals surface area contributed by atoms with Crippen LogP contribution in [0.15, 0.2) is 42.5 Å². The molecular formula is C27H39N3O4. The van der Waals surface area contributed by atoms with Crippen molar-refractivity contribution in [2.45, 2.75) is 39.0 Å². The van der Waals surface area contributed by atoms with Crippen molar-refractivity contribution in [2.75, 3.05) is 52.8 Å². The number of anilines is 1. The fourth-order valence-electron chi connectivity index (χ4n) is 4.33. The van der Waals surface area contributed by atoms with Crippen molar-refractivity contribution in [1.29, 1.82) is 0 Å². The lowest BCUT2D eigenvalue weighted by atomic mass is 10.0. The molecule has 1 amide bonds. The van der Waals surface area contributed by atoms with Gasteiger partial charge in [0.1, 0.15) is 17.6 Å². The molecule has 0 aromatic heterocycles. The molecule has 0 aliphatic carbocycles. The van der Waals surface area contributed by atoms with Crippen molar-refractivity contribution in [3.8, 4) is 11.5 Å². The SMILES string of the molecule is COc1ccc(CN(C)C[C@H]2Oc3ccc(N(C)C)cc3CC(=O)N([C@@H](C)CO)C[C@H]2C)cc1. The predicted octanol–water partition coefficient (Wildman–Crippen LogP) is 3.04. The Labute approximate surface area is 203 Å². The number of carbonyl (C=O) groups is 1. The summed E-state index contributed by atoms with van der Waals surface area (Å²) in [6.45, 7) is 5.97. The average Bonchev–Trinajstić information content (AvgIpc) is 2.86. The van der Waals surface area contributed by atoms with E-state index in [-0.39, 0.29) is 37.0 Å². The van der Waals surface area contributed by atoms with E-state index in [2.05, 4.69) is 31.0 Å². The minimum Gasteiger partial charge on any atom is -0.497 e. The van der Waals surface area contributed by atoms with Gasteiger partial charge in [0.05, 0.1) is 26.2 Å². The van der Waals surface area contributed by atoms with E-state index in [1.807, 2.05) is 61.2 Å². The fraction of sp³-hybridized carbons (Fsp3) is 0.519. The number of fused-ring (bicyclic) bond motifs is 1. The number of hydrogen-bond donors (Lipinski definition) is 1. The van der Waals surface area contributed by atoms with Crippen LogP contribution in [0.25, 0.3) is 0 Å². The van der Waals surface area contributed by atoms with Crippen molar-refractivity contribution >= 4 is 11.6 Å². The Morgan fingerprint density at radius 1 is 1.18 bits per heavy atom. The lowest BCUT2D eigenvalue weighted by Crippen LogP contribution is -2.47. The first kappa shape index (κ1) is 25.8. The summed E-state index contributed by atoms with van der Waals surface area (Å²) in [5, 5.41) is 9.80. The molecule has 0 saturated carbocycles. The standard InChI is InChI=1S/C27H39N3O4/c1-19-15-30(20(2)18-31)27(32)14-22-13-23(28(3)4)9-12-25(22)34-26(19)17-29(5)16-21-7-10-24(33-6)11-8-21/h7-13,19-20,26,31H,14-18H2,1-6H3/t19-,20+,26-/m1/s1. The first-order valence-corrected chi connectivity index (χ1v) is 11.9. The highest BCUT2D eigenvalue weighted by molar-refractivity contribution is 5.80. The van der Waals surface area contributed by atoms with Gasteiger partial charge in [-0.3, -0.25) is 9.69 Å². The topological polar surface area (TPSA) is 65.5 Å². The summed E-state index contributed by atoms with van der Waals surface area (Å²) < 4.78 is 11.9. The van der Waals surface area contributed by atoms with E-state index in [0.717, 1.165) is 29.3 Å². The number of hydrogen-bond acceptors (Lipinski definition) is 6. The summed E-state index contributed by atoms with van der Waals surface area (Å²) in [5.41, 5.74) is 3.10. The number of carbonyl (C=O) groups excluding carboxylic acids is 1. The number of aliphatic hydroxyl groups is 1. The van der Waals surface area contributed by atoms with Crippen LogP contribution in [0.5, 0.6) is 11.5 Å². The maximum Gasteiger partial charge on any atom is 0.227 e. The van der Waals surface area contributed by atoms with Gasteiger partial charge >= 0.3 is 0 Å². The lowest BCUT2D eigenvalue weighted by molar-refractivity contribution is -0.134. The van der Waals surface area contributed by atoms with Gasteiger partial charge in [-0.25, -0.2) is 0 Å². The third-order valence-corrected chi connectivity index (χ3v) is 6.52. The zero-order chi connectivity index (χ0) is 24.8. The van der Waals surface area contributed by atoms with Gasteiger partial charge in [0.15, 0.2) is 0 Å². The molecule has 0 bridgehead atoms. The molecule has 0 unspecified atom stereocenters. The smallest absolute Gasteiger partial charge is 0.227 e. The van der Waals surface area contributed by atoms with Crippen molar-refractivity contribution in [2.24, 2.45) is 5.92 Å². The fourth-order valence-corrected chi connectivity index (χ4v) is 4.33. The van der Waals surface area contributed by atoms with E-state index in [9.17, 15) is 9.90 Å². The quantitative estimate of drug-likeness (QED) is 0.641. The Bertz CT molecular complexity index is 947. The molecule has 2 aromatic carbocycles. The maximum absolute atomic E-state index is 13.3. The maximum atomic E-state index is 13.3. The van der Waals surface area contributed by atoms with Gasteiger partial charge in [-0.2, -0.15) is 0 Å². The summed E-state index contributed by atoms with van der Waals surface area (Å²) in [5.74, 6) is 1.69. The molecule has 1 aliphatic heterocycles. The molecule has 0 saturated heterocycles. The molecule has 34 heavy (non-hydrogen) atoms. The molecule has 3 rings (SSSR count). The number of methoxy groups -OCH3 is 1. The van der Waals surface area contributed by atoms with Crippen LogP contribution in [-0.4, -0.2) is 80.9 Å². The molecule has 2 aromatic rings. The number of aliphatic hydroxyl groups excluding tert-OH is 1. The predicted molar refractivity (Wildman–Crippen MR) is 136 cm³/mol. The van der Waals surface area contributed by atoms with E-state index in [4.69, 9.17) is 9.47 Å². The lowest BCUT2D eigenvalue weighted by Gasteiger charge is -2.34. The molecule has 7 heteroatoms. The van der Waals surface area contributed by atoms with Gasteiger partial charge in [0.25, 0.3) is 0 Å². The molecule has 0 radical (unpaired) electrons. The van der Waals surface area contributed by atoms with Gasteiger partial charge in [-0.05, 0) is 49.9 Å². The van der Waals surface area contributed by atoms with Crippen molar-refractivity contribution in [1.82, 2.24) is 9.80 Å². The zero-order valence-corrected chi connectivity index (χ0v) is 21.3. The molecule has 0 spiro atoms.